The molecule has 2 N–H and O–H groups in total. The number of rotatable bonds is 2. The number of aromatic hydroxyl groups is 2. The molecule has 68 valence electrons. The minimum atomic E-state index is -0.0903. The summed E-state index contributed by atoms with van der Waals surface area (Å²) in [6.45, 7) is 1.42. The molecule has 0 heterocycles. The fraction of sp³-hybridized carbons (Fsp3) is 0.100. The summed E-state index contributed by atoms with van der Waals surface area (Å²) in [7, 11) is 0. The summed E-state index contributed by atoms with van der Waals surface area (Å²) >= 11 is 0. The average molecular weight is 178 g/mol. The Labute approximate surface area is 76.0 Å². The lowest BCUT2D eigenvalue weighted by Gasteiger charge is -1.98. The molecule has 0 atom stereocenters. The maximum absolute atomic E-state index is 10.6. The number of allylic oxidation sites excluding steroid dienone is 1. The molecule has 1 aromatic carbocycles. The molecule has 0 spiro atoms. The van der Waals surface area contributed by atoms with Crippen LogP contribution in [-0.2, 0) is 4.79 Å². The first-order valence-corrected chi connectivity index (χ1v) is 3.80. The molecule has 0 bridgehead atoms. The fourth-order valence-corrected chi connectivity index (χ4v) is 0.880. The van der Waals surface area contributed by atoms with Crippen LogP contribution >= 0.6 is 0 Å². The van der Waals surface area contributed by atoms with Crippen molar-refractivity contribution >= 4 is 11.9 Å². The van der Waals surface area contributed by atoms with Crippen molar-refractivity contribution in [3.8, 4) is 11.5 Å². The van der Waals surface area contributed by atoms with Gasteiger partial charge in [-0.05, 0) is 31.2 Å². The van der Waals surface area contributed by atoms with E-state index in [9.17, 15) is 9.90 Å². The highest BCUT2D eigenvalue weighted by Gasteiger charge is 1.97. The van der Waals surface area contributed by atoms with Crippen LogP contribution in [0, 0.1) is 0 Å². The summed E-state index contributed by atoms with van der Waals surface area (Å²) < 4.78 is 0. The lowest BCUT2D eigenvalue weighted by atomic mass is 10.1. The summed E-state index contributed by atoms with van der Waals surface area (Å²) in [5, 5.41) is 18.2. The van der Waals surface area contributed by atoms with E-state index >= 15 is 0 Å². The average Bonchev–Trinajstić information content (AvgIpc) is 2.02. The quantitative estimate of drug-likeness (QED) is 0.677. The SMILES string of the molecule is CC(=O)C=Cc1ccc(O)cc1O. The lowest BCUT2D eigenvalue weighted by Crippen LogP contribution is -1.80. The van der Waals surface area contributed by atoms with Gasteiger partial charge in [-0.15, -0.1) is 0 Å². The first-order valence-electron chi connectivity index (χ1n) is 3.80. The lowest BCUT2D eigenvalue weighted by molar-refractivity contribution is -0.112. The Morgan fingerprint density at radius 1 is 1.38 bits per heavy atom. The van der Waals surface area contributed by atoms with Gasteiger partial charge in [-0.2, -0.15) is 0 Å². The van der Waals surface area contributed by atoms with Crippen LogP contribution in [0.4, 0.5) is 0 Å². The third-order valence-electron chi connectivity index (χ3n) is 1.51. The van der Waals surface area contributed by atoms with Crippen LogP contribution in [-0.4, -0.2) is 16.0 Å². The largest absolute Gasteiger partial charge is 0.508 e. The fourth-order valence-electron chi connectivity index (χ4n) is 0.880. The highest BCUT2D eigenvalue weighted by molar-refractivity contribution is 5.91. The van der Waals surface area contributed by atoms with Gasteiger partial charge in [-0.1, -0.05) is 0 Å². The van der Waals surface area contributed by atoms with Crippen LogP contribution < -0.4 is 0 Å². The van der Waals surface area contributed by atoms with Gasteiger partial charge >= 0.3 is 0 Å². The molecule has 1 aromatic rings. The molecule has 0 aliphatic heterocycles. The van der Waals surface area contributed by atoms with Crippen molar-refractivity contribution in [3.05, 3.63) is 29.8 Å². The van der Waals surface area contributed by atoms with Crippen LogP contribution in [0.15, 0.2) is 24.3 Å². The maximum atomic E-state index is 10.6. The summed E-state index contributed by atoms with van der Waals surface area (Å²) in [5.74, 6) is -0.137. The predicted octanol–water partition coefficient (Wildman–Crippen LogP) is 1.70. The Kier molecular flexibility index (Phi) is 2.69. The molecule has 3 nitrogen and oxygen atoms in total. The normalized spacial score (nSPS) is 10.5. The van der Waals surface area contributed by atoms with Gasteiger partial charge in [0.1, 0.15) is 11.5 Å². The second-order valence-corrected chi connectivity index (χ2v) is 2.69. The monoisotopic (exact) mass is 178 g/mol. The zero-order valence-corrected chi connectivity index (χ0v) is 7.19. The molecule has 0 aliphatic carbocycles. The van der Waals surface area contributed by atoms with Crippen LogP contribution in [0.2, 0.25) is 0 Å². The molecule has 3 heteroatoms. The number of hydrogen-bond acceptors (Lipinski definition) is 3. The summed E-state index contributed by atoms with van der Waals surface area (Å²) in [4.78, 5) is 10.6. The molecule has 0 amide bonds. The number of carbonyl (C=O) groups excluding carboxylic acids is 1. The topological polar surface area (TPSA) is 57.5 Å². The van der Waals surface area contributed by atoms with Crippen LogP contribution in [0.1, 0.15) is 12.5 Å². The van der Waals surface area contributed by atoms with E-state index in [1.54, 1.807) is 0 Å². The van der Waals surface area contributed by atoms with E-state index in [2.05, 4.69) is 0 Å². The molecular weight excluding hydrogens is 168 g/mol. The second kappa shape index (κ2) is 3.76. The van der Waals surface area contributed by atoms with Crippen molar-refractivity contribution in [2.45, 2.75) is 6.92 Å². The minimum absolute atomic E-state index is 0.00234. The van der Waals surface area contributed by atoms with Crippen LogP contribution in [0.5, 0.6) is 11.5 Å². The van der Waals surface area contributed by atoms with Gasteiger partial charge < -0.3 is 10.2 Å². The van der Waals surface area contributed by atoms with Gasteiger partial charge in [0.15, 0.2) is 5.78 Å². The zero-order valence-electron chi connectivity index (χ0n) is 7.19. The summed E-state index contributed by atoms with van der Waals surface area (Å²) in [6.07, 6.45) is 2.85. The standard InChI is InChI=1S/C10H10O3/c1-7(11)2-3-8-4-5-9(12)6-10(8)13/h2-6,12-13H,1H3. The Hall–Kier alpha value is -1.77. The molecule has 0 radical (unpaired) electrons. The van der Waals surface area contributed by atoms with Gasteiger partial charge in [0.05, 0.1) is 0 Å². The number of phenols is 2. The van der Waals surface area contributed by atoms with Crippen LogP contribution in [0.25, 0.3) is 6.08 Å². The smallest absolute Gasteiger partial charge is 0.152 e. The number of benzene rings is 1. The molecule has 0 aromatic heterocycles. The van der Waals surface area contributed by atoms with Crippen molar-refractivity contribution in [1.29, 1.82) is 0 Å². The number of hydrogen-bond donors (Lipinski definition) is 2. The molecule has 13 heavy (non-hydrogen) atoms. The summed E-state index contributed by atoms with van der Waals surface area (Å²) in [5.41, 5.74) is 0.507. The minimum Gasteiger partial charge on any atom is -0.508 e. The van der Waals surface area contributed by atoms with E-state index in [-0.39, 0.29) is 17.3 Å². The summed E-state index contributed by atoms with van der Waals surface area (Å²) in [6, 6.07) is 4.20. The van der Waals surface area contributed by atoms with E-state index < -0.39 is 0 Å². The third-order valence-corrected chi connectivity index (χ3v) is 1.51. The molecular formula is C10H10O3. The zero-order chi connectivity index (χ0) is 9.84. The van der Waals surface area contributed by atoms with Crippen molar-refractivity contribution in [1.82, 2.24) is 0 Å². The van der Waals surface area contributed by atoms with Crippen molar-refractivity contribution in [2.24, 2.45) is 0 Å². The van der Waals surface area contributed by atoms with Crippen molar-refractivity contribution in [2.75, 3.05) is 0 Å². The number of carbonyl (C=O) groups is 1. The Morgan fingerprint density at radius 2 is 2.08 bits per heavy atom. The molecule has 1 rings (SSSR count). The Balaban J connectivity index is 2.96. The first kappa shape index (κ1) is 9.32. The molecule has 0 saturated heterocycles. The van der Waals surface area contributed by atoms with E-state index in [4.69, 9.17) is 5.11 Å². The Bertz CT molecular complexity index is 353. The van der Waals surface area contributed by atoms with Gasteiger partial charge in [0, 0.05) is 11.6 Å². The van der Waals surface area contributed by atoms with Crippen molar-refractivity contribution in [3.63, 3.8) is 0 Å². The van der Waals surface area contributed by atoms with E-state index in [1.807, 2.05) is 0 Å². The van der Waals surface area contributed by atoms with Crippen molar-refractivity contribution < 1.29 is 15.0 Å². The molecule has 0 aliphatic rings. The van der Waals surface area contributed by atoms with Gasteiger partial charge in [-0.3, -0.25) is 4.79 Å². The predicted molar refractivity (Wildman–Crippen MR) is 49.5 cm³/mol. The number of ketones is 1. The van der Waals surface area contributed by atoms with E-state index in [0.717, 1.165) is 0 Å². The second-order valence-electron chi connectivity index (χ2n) is 2.69. The number of phenolic OH excluding ortho intramolecular Hbond substituents is 2. The maximum Gasteiger partial charge on any atom is 0.152 e. The van der Waals surface area contributed by atoms with Gasteiger partial charge in [0.2, 0.25) is 0 Å². The third kappa shape index (κ3) is 2.63. The highest BCUT2D eigenvalue weighted by atomic mass is 16.3. The Morgan fingerprint density at radius 3 is 2.62 bits per heavy atom. The molecule has 0 saturated carbocycles. The van der Waals surface area contributed by atoms with E-state index in [0.29, 0.717) is 5.56 Å². The first-order chi connectivity index (χ1) is 6.09. The highest BCUT2D eigenvalue weighted by Crippen LogP contribution is 2.23. The molecule has 0 unspecified atom stereocenters. The van der Waals surface area contributed by atoms with Crippen LogP contribution in [0.3, 0.4) is 0 Å². The van der Waals surface area contributed by atoms with Gasteiger partial charge in [0.25, 0.3) is 0 Å². The molecule has 0 fully saturated rings. The van der Waals surface area contributed by atoms with E-state index in [1.165, 1.54) is 37.3 Å². The van der Waals surface area contributed by atoms with Gasteiger partial charge in [-0.25, -0.2) is 0 Å².